The number of esters is 1. The number of hydrogen-bond acceptors (Lipinski definition) is 4. The molecule has 0 heterocycles. The number of hydrogen-bond donors (Lipinski definition) is 1. The third-order valence-corrected chi connectivity index (χ3v) is 3.62. The second-order valence-electron chi connectivity index (χ2n) is 4.46. The van der Waals surface area contributed by atoms with E-state index >= 15 is 0 Å². The van der Waals surface area contributed by atoms with Crippen molar-refractivity contribution in [2.45, 2.75) is 25.3 Å². The molecular weight excluding hydrogens is 307 g/mol. The lowest BCUT2D eigenvalue weighted by molar-refractivity contribution is -0.183. The molecule has 1 rings (SSSR count). The van der Waals surface area contributed by atoms with Crippen molar-refractivity contribution >= 4 is 17.3 Å². The van der Waals surface area contributed by atoms with Crippen molar-refractivity contribution in [2.75, 3.05) is 12.9 Å². The fourth-order valence-corrected chi connectivity index (χ4v) is 2.68. The molecule has 2 atom stereocenters. The van der Waals surface area contributed by atoms with Crippen LogP contribution < -0.4 is 4.72 Å². The summed E-state index contributed by atoms with van der Waals surface area (Å²) in [5.41, 5.74) is -2.98. The highest BCUT2D eigenvalue weighted by atomic mass is 32.2. The SMILES string of the molecule is CCOC(=O)C(F)(F)[C@](C)(N[S+](C)[O-])c1ccccc1F. The van der Waals surface area contributed by atoms with Crippen LogP contribution in [0.3, 0.4) is 0 Å². The molecule has 0 radical (unpaired) electrons. The third-order valence-electron chi connectivity index (χ3n) is 2.92. The molecule has 21 heavy (non-hydrogen) atoms. The molecule has 0 aliphatic rings. The first-order chi connectivity index (χ1) is 9.66. The fourth-order valence-electron chi connectivity index (χ4n) is 1.87. The minimum Gasteiger partial charge on any atom is -0.598 e. The van der Waals surface area contributed by atoms with Crippen LogP contribution in [-0.2, 0) is 26.4 Å². The van der Waals surface area contributed by atoms with Crippen LogP contribution in [0.1, 0.15) is 19.4 Å². The van der Waals surface area contributed by atoms with Gasteiger partial charge >= 0.3 is 11.9 Å². The smallest absolute Gasteiger partial charge is 0.379 e. The Morgan fingerprint density at radius 3 is 2.48 bits per heavy atom. The van der Waals surface area contributed by atoms with E-state index in [1.807, 2.05) is 0 Å². The van der Waals surface area contributed by atoms with Gasteiger partial charge < -0.3 is 9.29 Å². The van der Waals surface area contributed by atoms with E-state index in [2.05, 4.69) is 9.46 Å². The Labute approximate surface area is 124 Å². The molecule has 1 aromatic carbocycles. The maximum Gasteiger partial charge on any atom is 0.379 e. The van der Waals surface area contributed by atoms with Gasteiger partial charge in [-0.3, -0.25) is 0 Å². The van der Waals surface area contributed by atoms with Gasteiger partial charge in [0.1, 0.15) is 12.1 Å². The van der Waals surface area contributed by atoms with Crippen LogP contribution in [0.2, 0.25) is 0 Å². The summed E-state index contributed by atoms with van der Waals surface area (Å²) in [7, 11) is 0. The first kappa shape index (κ1) is 17.8. The van der Waals surface area contributed by atoms with Crippen LogP contribution in [0, 0.1) is 5.82 Å². The van der Waals surface area contributed by atoms with Gasteiger partial charge in [-0.2, -0.15) is 8.78 Å². The zero-order chi connectivity index (χ0) is 16.3. The molecular formula is C13H16F3NO3S. The largest absolute Gasteiger partial charge is 0.598 e. The summed E-state index contributed by atoms with van der Waals surface area (Å²) >= 11 is -1.92. The van der Waals surface area contributed by atoms with Gasteiger partial charge in [0.2, 0.25) is 0 Å². The van der Waals surface area contributed by atoms with Crippen molar-refractivity contribution in [1.29, 1.82) is 0 Å². The first-order valence-electron chi connectivity index (χ1n) is 6.08. The summed E-state index contributed by atoms with van der Waals surface area (Å²) < 4.78 is 60.6. The number of alkyl halides is 2. The highest BCUT2D eigenvalue weighted by Gasteiger charge is 2.61. The Morgan fingerprint density at radius 1 is 1.43 bits per heavy atom. The molecule has 118 valence electrons. The quantitative estimate of drug-likeness (QED) is 0.643. The normalized spacial score (nSPS) is 16.1. The van der Waals surface area contributed by atoms with Gasteiger partial charge in [-0.25, -0.2) is 9.18 Å². The van der Waals surface area contributed by atoms with Crippen molar-refractivity contribution < 1.29 is 27.3 Å². The zero-order valence-electron chi connectivity index (χ0n) is 11.8. The highest BCUT2D eigenvalue weighted by Crippen LogP contribution is 2.40. The van der Waals surface area contributed by atoms with Crippen molar-refractivity contribution in [3.8, 4) is 0 Å². The Balaban J connectivity index is 3.40. The van der Waals surface area contributed by atoms with Crippen molar-refractivity contribution in [2.24, 2.45) is 0 Å². The molecule has 0 spiro atoms. The molecule has 1 aromatic rings. The Bertz CT molecular complexity index is 513. The van der Waals surface area contributed by atoms with Crippen LogP contribution in [-0.4, -0.2) is 29.3 Å². The second kappa shape index (κ2) is 6.67. The van der Waals surface area contributed by atoms with Gasteiger partial charge in [0.25, 0.3) is 0 Å². The van der Waals surface area contributed by atoms with E-state index in [0.29, 0.717) is 0 Å². The van der Waals surface area contributed by atoms with Crippen molar-refractivity contribution in [3.63, 3.8) is 0 Å². The van der Waals surface area contributed by atoms with Crippen molar-refractivity contribution in [3.05, 3.63) is 35.6 Å². The van der Waals surface area contributed by atoms with E-state index in [0.717, 1.165) is 25.3 Å². The molecule has 0 saturated carbocycles. The van der Waals surface area contributed by atoms with Gasteiger partial charge in [-0.1, -0.05) is 18.2 Å². The van der Waals surface area contributed by atoms with Gasteiger partial charge in [-0.05, 0) is 19.9 Å². The summed E-state index contributed by atoms with van der Waals surface area (Å²) in [6, 6.07) is 4.75. The Morgan fingerprint density at radius 2 is 2.00 bits per heavy atom. The summed E-state index contributed by atoms with van der Waals surface area (Å²) in [6.45, 7) is 2.03. The third kappa shape index (κ3) is 3.50. The number of carbonyl (C=O) groups excluding carboxylic acids is 1. The molecule has 0 aromatic heterocycles. The lowest BCUT2D eigenvalue weighted by Crippen LogP contribution is -2.59. The molecule has 0 fully saturated rings. The monoisotopic (exact) mass is 323 g/mol. The van der Waals surface area contributed by atoms with E-state index in [9.17, 15) is 22.5 Å². The number of ether oxygens (including phenoxy) is 1. The summed E-state index contributed by atoms with van der Waals surface area (Å²) in [4.78, 5) is 11.5. The van der Waals surface area contributed by atoms with E-state index in [1.54, 1.807) is 0 Å². The van der Waals surface area contributed by atoms with E-state index < -0.39 is 40.2 Å². The lowest BCUT2D eigenvalue weighted by atomic mass is 9.86. The van der Waals surface area contributed by atoms with Crippen LogP contribution in [0.25, 0.3) is 0 Å². The number of nitrogens with one attached hydrogen (secondary N) is 1. The number of rotatable bonds is 6. The summed E-state index contributed by atoms with van der Waals surface area (Å²) in [5.74, 6) is -6.87. The lowest BCUT2D eigenvalue weighted by Gasteiger charge is -2.35. The minimum atomic E-state index is -4.11. The molecule has 0 amide bonds. The topological polar surface area (TPSA) is 61.4 Å². The van der Waals surface area contributed by atoms with Gasteiger partial charge in [0.15, 0.2) is 5.54 Å². The van der Waals surface area contributed by atoms with E-state index in [-0.39, 0.29) is 6.61 Å². The maximum absolute atomic E-state index is 14.4. The average molecular weight is 323 g/mol. The Kier molecular flexibility index (Phi) is 5.66. The number of carbonyl (C=O) groups is 1. The molecule has 0 aliphatic heterocycles. The minimum absolute atomic E-state index is 0.253. The average Bonchev–Trinajstić information content (AvgIpc) is 2.38. The predicted octanol–water partition coefficient (Wildman–Crippen LogP) is 2.12. The molecule has 1 N–H and O–H groups in total. The molecule has 0 saturated heterocycles. The van der Waals surface area contributed by atoms with E-state index in [1.165, 1.54) is 19.1 Å². The van der Waals surface area contributed by atoms with Crippen LogP contribution in [0.4, 0.5) is 13.2 Å². The standard InChI is InChI=1S/C13H16F3NO3S/c1-4-20-11(18)13(15,16)12(2,17-21(3)19)9-7-5-6-8-10(9)14/h5-8,17H,4H2,1-3H3/t12-,21?/m1/s1. The van der Waals surface area contributed by atoms with Gasteiger partial charge in [-0.15, -0.1) is 4.72 Å². The Hall–Kier alpha value is -1.25. The van der Waals surface area contributed by atoms with Crippen LogP contribution in [0.5, 0.6) is 0 Å². The van der Waals surface area contributed by atoms with E-state index in [4.69, 9.17) is 0 Å². The van der Waals surface area contributed by atoms with Crippen LogP contribution in [0.15, 0.2) is 24.3 Å². The van der Waals surface area contributed by atoms with Crippen LogP contribution >= 0.6 is 0 Å². The summed E-state index contributed by atoms with van der Waals surface area (Å²) in [5, 5.41) is 0. The molecule has 8 heteroatoms. The molecule has 1 unspecified atom stereocenters. The van der Waals surface area contributed by atoms with Gasteiger partial charge in [0, 0.05) is 16.9 Å². The molecule has 4 nitrogen and oxygen atoms in total. The number of halogens is 3. The fraction of sp³-hybridized carbons (Fsp3) is 0.462. The number of benzene rings is 1. The highest BCUT2D eigenvalue weighted by molar-refractivity contribution is 7.88. The molecule has 0 aliphatic carbocycles. The van der Waals surface area contributed by atoms with Crippen molar-refractivity contribution in [1.82, 2.24) is 4.72 Å². The first-order valence-corrected chi connectivity index (χ1v) is 7.64. The second-order valence-corrected chi connectivity index (χ2v) is 5.57. The van der Waals surface area contributed by atoms with Gasteiger partial charge in [0.05, 0.1) is 6.61 Å². The predicted molar refractivity (Wildman–Crippen MR) is 72.5 cm³/mol. The zero-order valence-corrected chi connectivity index (χ0v) is 12.6. The molecule has 0 bridgehead atoms. The summed E-state index contributed by atoms with van der Waals surface area (Å²) in [6.07, 6.45) is 1.11. The maximum atomic E-state index is 14.4.